The van der Waals surface area contributed by atoms with Crippen LogP contribution in [0.2, 0.25) is 0 Å². The second-order valence-corrected chi connectivity index (χ2v) is 14.7. The van der Waals surface area contributed by atoms with Gasteiger partial charge in [-0.1, -0.05) is 182 Å². The van der Waals surface area contributed by atoms with Gasteiger partial charge in [0.1, 0.15) is 5.82 Å². The smallest absolute Gasteiger partial charge is 0.145 e. The third kappa shape index (κ3) is 5.45. The minimum absolute atomic E-state index is 0.900. The number of anilines is 3. The van der Waals surface area contributed by atoms with Crippen LogP contribution < -0.4 is 4.90 Å². The number of rotatable bonds is 6. The number of nitrogens with zero attached hydrogens (tertiary/aromatic N) is 2. The van der Waals surface area contributed by atoms with E-state index in [0.29, 0.717) is 0 Å². The standard InChI is InChI=1S/C55H36N2/c1-4-17-38(18-5-1)48-36-49(39-19-6-2-7-20-39)53-46-29-15-14-28-45(46)50-35-42(31-32-47(50)54(53)52(48)41-23-8-3-9-24-41)57(51-30-16-25-37-21-10-12-26-43(37)51)55-44-27-13-11-22-40(44)33-34-56-55/h1-36H. The lowest BCUT2D eigenvalue weighted by Crippen LogP contribution is -2.12. The van der Waals surface area contributed by atoms with Crippen molar-refractivity contribution in [2.24, 2.45) is 0 Å². The predicted octanol–water partition coefficient (Wildman–Crippen LogP) is 15.3. The molecule has 0 saturated carbocycles. The van der Waals surface area contributed by atoms with Gasteiger partial charge in [0.15, 0.2) is 0 Å². The Balaban J connectivity index is 1.31. The van der Waals surface area contributed by atoms with E-state index in [2.05, 4.69) is 217 Å². The van der Waals surface area contributed by atoms with E-state index in [1.807, 2.05) is 6.20 Å². The Labute approximate surface area is 331 Å². The Morgan fingerprint density at radius 2 is 0.877 bits per heavy atom. The molecule has 0 radical (unpaired) electrons. The molecule has 2 heteroatoms. The maximum absolute atomic E-state index is 5.13. The molecule has 1 heterocycles. The van der Waals surface area contributed by atoms with E-state index in [1.54, 1.807) is 0 Å². The molecule has 0 bridgehead atoms. The molecule has 10 aromatic carbocycles. The van der Waals surface area contributed by atoms with E-state index in [1.165, 1.54) is 76.5 Å². The first-order chi connectivity index (χ1) is 28.3. The molecule has 0 amide bonds. The molecule has 11 aromatic rings. The first kappa shape index (κ1) is 32.8. The van der Waals surface area contributed by atoms with Crippen molar-refractivity contribution in [3.63, 3.8) is 0 Å². The average molecular weight is 725 g/mol. The van der Waals surface area contributed by atoms with Crippen LogP contribution in [0.5, 0.6) is 0 Å². The van der Waals surface area contributed by atoms with Gasteiger partial charge < -0.3 is 0 Å². The predicted molar refractivity (Wildman–Crippen MR) is 243 cm³/mol. The fourth-order valence-corrected chi connectivity index (χ4v) is 8.94. The molecule has 2 nitrogen and oxygen atoms in total. The summed E-state index contributed by atoms with van der Waals surface area (Å²) in [5, 5.41) is 12.0. The fourth-order valence-electron chi connectivity index (χ4n) is 8.94. The van der Waals surface area contributed by atoms with Crippen LogP contribution in [0, 0.1) is 0 Å². The van der Waals surface area contributed by atoms with Gasteiger partial charge in [0.05, 0.1) is 5.69 Å². The molecule has 0 unspecified atom stereocenters. The molecule has 0 aliphatic rings. The molecule has 0 aliphatic carbocycles. The van der Waals surface area contributed by atoms with Crippen LogP contribution in [-0.2, 0) is 0 Å². The monoisotopic (exact) mass is 724 g/mol. The summed E-state index contributed by atoms with van der Waals surface area (Å²) in [7, 11) is 0. The lowest BCUT2D eigenvalue weighted by molar-refractivity contribution is 1.21. The van der Waals surface area contributed by atoms with Crippen LogP contribution in [0.15, 0.2) is 219 Å². The third-order valence-corrected chi connectivity index (χ3v) is 11.4. The highest BCUT2D eigenvalue weighted by Gasteiger charge is 2.24. The minimum atomic E-state index is 0.900. The molecule has 57 heavy (non-hydrogen) atoms. The summed E-state index contributed by atoms with van der Waals surface area (Å²) in [6.45, 7) is 0. The van der Waals surface area contributed by atoms with Gasteiger partial charge in [-0.3, -0.25) is 4.90 Å². The van der Waals surface area contributed by atoms with Crippen LogP contribution in [0.25, 0.3) is 87.2 Å². The Morgan fingerprint density at radius 3 is 1.60 bits per heavy atom. The van der Waals surface area contributed by atoms with Crippen LogP contribution in [-0.4, -0.2) is 4.98 Å². The molecule has 1 aromatic heterocycles. The summed E-state index contributed by atoms with van der Waals surface area (Å²) >= 11 is 0. The van der Waals surface area contributed by atoms with Crippen LogP contribution >= 0.6 is 0 Å². The summed E-state index contributed by atoms with van der Waals surface area (Å²) in [5.41, 5.74) is 9.40. The second-order valence-electron chi connectivity index (χ2n) is 14.7. The van der Waals surface area contributed by atoms with Crippen LogP contribution in [0.1, 0.15) is 0 Å². The highest BCUT2D eigenvalue weighted by atomic mass is 15.2. The molecular weight excluding hydrogens is 689 g/mol. The number of aromatic nitrogens is 1. The van der Waals surface area contributed by atoms with E-state index in [-0.39, 0.29) is 0 Å². The Kier molecular flexibility index (Phi) is 7.86. The van der Waals surface area contributed by atoms with Crippen molar-refractivity contribution in [2.75, 3.05) is 4.90 Å². The quantitative estimate of drug-likeness (QED) is 0.159. The Bertz CT molecular complexity index is 3190. The number of hydrogen-bond donors (Lipinski definition) is 0. The van der Waals surface area contributed by atoms with Crippen molar-refractivity contribution < 1.29 is 0 Å². The highest BCUT2D eigenvalue weighted by Crippen LogP contribution is 2.50. The SMILES string of the molecule is c1ccc(-c2cc(-c3ccccc3)c3c4ccccc4c4cc(N(c5cccc6ccccc56)c5nccc6ccccc56)ccc4c3c2-c2ccccc2)cc1. The van der Waals surface area contributed by atoms with E-state index in [0.717, 1.165) is 28.0 Å². The number of hydrogen-bond acceptors (Lipinski definition) is 2. The van der Waals surface area contributed by atoms with Crippen LogP contribution in [0.3, 0.4) is 0 Å². The zero-order valence-corrected chi connectivity index (χ0v) is 31.2. The van der Waals surface area contributed by atoms with Gasteiger partial charge in [0.25, 0.3) is 0 Å². The molecule has 0 aliphatic heterocycles. The van der Waals surface area contributed by atoms with Crippen molar-refractivity contribution >= 4 is 71.1 Å². The van der Waals surface area contributed by atoms with E-state index < -0.39 is 0 Å². The maximum atomic E-state index is 5.13. The van der Waals surface area contributed by atoms with Crippen molar-refractivity contribution in [1.29, 1.82) is 0 Å². The maximum Gasteiger partial charge on any atom is 0.145 e. The van der Waals surface area contributed by atoms with Gasteiger partial charge in [-0.25, -0.2) is 4.98 Å². The summed E-state index contributed by atoms with van der Waals surface area (Å²) in [6.07, 6.45) is 1.93. The number of fused-ring (bicyclic) bond motifs is 8. The molecule has 0 fully saturated rings. The van der Waals surface area contributed by atoms with Crippen molar-refractivity contribution in [3.05, 3.63) is 219 Å². The topological polar surface area (TPSA) is 16.1 Å². The lowest BCUT2D eigenvalue weighted by atomic mass is 9.81. The zero-order chi connectivity index (χ0) is 37.7. The third-order valence-electron chi connectivity index (χ3n) is 11.4. The first-order valence-electron chi connectivity index (χ1n) is 19.5. The van der Waals surface area contributed by atoms with E-state index >= 15 is 0 Å². The Morgan fingerprint density at radius 1 is 0.333 bits per heavy atom. The Hall–Kier alpha value is -7.55. The second kappa shape index (κ2) is 13.6. The van der Waals surface area contributed by atoms with Gasteiger partial charge in [-0.2, -0.15) is 0 Å². The molecule has 0 atom stereocenters. The van der Waals surface area contributed by atoms with E-state index in [9.17, 15) is 0 Å². The molecule has 0 spiro atoms. The van der Waals surface area contributed by atoms with Crippen LogP contribution in [0.4, 0.5) is 17.2 Å². The molecule has 11 rings (SSSR count). The zero-order valence-electron chi connectivity index (χ0n) is 31.2. The van der Waals surface area contributed by atoms with Gasteiger partial charge in [0, 0.05) is 22.7 Å². The molecule has 0 N–H and O–H groups in total. The number of benzene rings is 10. The van der Waals surface area contributed by atoms with Gasteiger partial charge in [-0.05, 0) is 107 Å². The summed E-state index contributed by atoms with van der Waals surface area (Å²) in [6, 6.07) is 77.0. The summed E-state index contributed by atoms with van der Waals surface area (Å²) in [5.74, 6) is 0.900. The van der Waals surface area contributed by atoms with E-state index in [4.69, 9.17) is 4.98 Å². The first-order valence-corrected chi connectivity index (χ1v) is 19.5. The highest BCUT2D eigenvalue weighted by molar-refractivity contribution is 6.33. The van der Waals surface area contributed by atoms with Crippen molar-refractivity contribution in [3.8, 4) is 33.4 Å². The summed E-state index contributed by atoms with van der Waals surface area (Å²) < 4.78 is 0. The number of pyridine rings is 1. The van der Waals surface area contributed by atoms with Crippen molar-refractivity contribution in [2.45, 2.75) is 0 Å². The minimum Gasteiger partial charge on any atom is -0.294 e. The average Bonchev–Trinajstić information content (AvgIpc) is 3.29. The summed E-state index contributed by atoms with van der Waals surface area (Å²) in [4.78, 5) is 7.49. The molecule has 266 valence electrons. The fraction of sp³-hybridized carbons (Fsp3) is 0. The normalized spacial score (nSPS) is 11.5. The van der Waals surface area contributed by atoms with Crippen molar-refractivity contribution in [1.82, 2.24) is 4.98 Å². The lowest BCUT2D eigenvalue weighted by Gasteiger charge is -2.28. The molecule has 0 saturated heterocycles. The van der Waals surface area contributed by atoms with Gasteiger partial charge in [0.2, 0.25) is 0 Å². The van der Waals surface area contributed by atoms with Gasteiger partial charge in [-0.15, -0.1) is 0 Å². The largest absolute Gasteiger partial charge is 0.294 e. The van der Waals surface area contributed by atoms with Gasteiger partial charge >= 0.3 is 0 Å². The molecular formula is C55H36N2.